The Morgan fingerprint density at radius 2 is 1.89 bits per heavy atom. The van der Waals surface area contributed by atoms with Crippen LogP contribution in [0.1, 0.15) is 31.5 Å². The Labute approximate surface area is 107 Å². The van der Waals surface area contributed by atoms with Gasteiger partial charge >= 0.3 is 0 Å². The second-order valence-electron chi connectivity index (χ2n) is 5.35. The number of morpholine rings is 1. The molecule has 1 fully saturated rings. The summed E-state index contributed by atoms with van der Waals surface area (Å²) >= 11 is 0. The van der Waals surface area contributed by atoms with E-state index in [1.54, 1.807) is 0 Å². The van der Waals surface area contributed by atoms with Gasteiger partial charge in [-0.2, -0.15) is 4.98 Å². The smallest absolute Gasteiger partial charge is 0.227 e. The van der Waals surface area contributed by atoms with Gasteiger partial charge in [0.15, 0.2) is 0 Å². The van der Waals surface area contributed by atoms with Gasteiger partial charge in [0.05, 0.1) is 17.9 Å². The molecular weight excluding hydrogens is 228 g/mol. The molecule has 2 atom stereocenters. The number of ether oxygens (including phenoxy) is 1. The molecule has 2 N–H and O–H groups in total. The second kappa shape index (κ2) is 4.39. The Bertz CT molecular complexity index is 453. The standard InChI is InChI=1S/C13H20N4O/c1-8-6-17(7-9(2)18-8)13-15-11-5-3-4-10(11)12(14)16-13/h8-9H,3-7H2,1-2H3,(H2,14,15,16)/t8-,9-/m0/s1. The molecule has 98 valence electrons. The predicted octanol–water partition coefficient (Wildman–Crippen LogP) is 1.16. The zero-order valence-corrected chi connectivity index (χ0v) is 11.0. The molecule has 3 rings (SSSR count). The molecule has 1 aromatic rings. The molecule has 0 bridgehead atoms. The zero-order valence-electron chi connectivity index (χ0n) is 11.0. The summed E-state index contributed by atoms with van der Waals surface area (Å²) in [7, 11) is 0. The number of nitrogens with zero attached hydrogens (tertiary/aromatic N) is 3. The fraction of sp³-hybridized carbons (Fsp3) is 0.692. The topological polar surface area (TPSA) is 64.3 Å². The lowest BCUT2D eigenvalue weighted by Crippen LogP contribution is -2.46. The van der Waals surface area contributed by atoms with Gasteiger partial charge in [0.25, 0.3) is 0 Å². The Morgan fingerprint density at radius 3 is 2.61 bits per heavy atom. The molecule has 0 radical (unpaired) electrons. The third kappa shape index (κ3) is 2.03. The van der Waals surface area contributed by atoms with E-state index in [0.717, 1.165) is 49.6 Å². The number of anilines is 2. The van der Waals surface area contributed by atoms with Crippen LogP contribution in [0.4, 0.5) is 11.8 Å². The van der Waals surface area contributed by atoms with Crippen LogP contribution in [0.15, 0.2) is 0 Å². The van der Waals surface area contributed by atoms with Gasteiger partial charge in [0, 0.05) is 18.7 Å². The fourth-order valence-electron chi connectivity index (χ4n) is 2.93. The van der Waals surface area contributed by atoms with Crippen LogP contribution in [0, 0.1) is 0 Å². The highest BCUT2D eigenvalue weighted by molar-refractivity contribution is 5.50. The average molecular weight is 248 g/mol. The van der Waals surface area contributed by atoms with Crippen molar-refractivity contribution < 1.29 is 4.74 Å². The maximum absolute atomic E-state index is 6.04. The highest BCUT2D eigenvalue weighted by atomic mass is 16.5. The van der Waals surface area contributed by atoms with Gasteiger partial charge < -0.3 is 15.4 Å². The van der Waals surface area contributed by atoms with Crippen LogP contribution < -0.4 is 10.6 Å². The van der Waals surface area contributed by atoms with Crippen LogP contribution in [0.25, 0.3) is 0 Å². The van der Waals surface area contributed by atoms with Gasteiger partial charge in [0.2, 0.25) is 5.95 Å². The number of nitrogens with two attached hydrogens (primary N) is 1. The molecule has 0 spiro atoms. The van der Waals surface area contributed by atoms with E-state index in [1.807, 2.05) is 0 Å². The maximum Gasteiger partial charge on any atom is 0.227 e. The Hall–Kier alpha value is -1.36. The minimum absolute atomic E-state index is 0.215. The summed E-state index contributed by atoms with van der Waals surface area (Å²) < 4.78 is 5.73. The molecule has 2 heterocycles. The molecule has 0 saturated carbocycles. The average Bonchev–Trinajstić information content (AvgIpc) is 2.76. The van der Waals surface area contributed by atoms with Crippen LogP contribution in [-0.4, -0.2) is 35.3 Å². The normalized spacial score (nSPS) is 27.3. The summed E-state index contributed by atoms with van der Waals surface area (Å²) in [5, 5.41) is 0. The molecule has 0 unspecified atom stereocenters. The van der Waals surface area contributed by atoms with Crippen molar-refractivity contribution in [2.24, 2.45) is 0 Å². The summed E-state index contributed by atoms with van der Waals surface area (Å²) in [5.74, 6) is 1.44. The van der Waals surface area contributed by atoms with Crippen LogP contribution >= 0.6 is 0 Å². The highest BCUT2D eigenvalue weighted by Crippen LogP contribution is 2.27. The van der Waals surface area contributed by atoms with Gasteiger partial charge in [0.1, 0.15) is 5.82 Å². The van der Waals surface area contributed by atoms with E-state index in [-0.39, 0.29) is 12.2 Å². The molecule has 18 heavy (non-hydrogen) atoms. The fourth-order valence-corrected chi connectivity index (χ4v) is 2.93. The highest BCUT2D eigenvalue weighted by Gasteiger charge is 2.26. The number of aromatic nitrogens is 2. The van der Waals surface area contributed by atoms with Gasteiger partial charge in [-0.05, 0) is 33.1 Å². The van der Waals surface area contributed by atoms with Gasteiger partial charge in [-0.3, -0.25) is 0 Å². The van der Waals surface area contributed by atoms with E-state index in [9.17, 15) is 0 Å². The maximum atomic E-state index is 6.04. The molecular formula is C13H20N4O. The van der Waals surface area contributed by atoms with Crippen molar-refractivity contribution in [2.45, 2.75) is 45.3 Å². The van der Waals surface area contributed by atoms with E-state index in [4.69, 9.17) is 10.5 Å². The first-order valence-electron chi connectivity index (χ1n) is 6.69. The van der Waals surface area contributed by atoms with Crippen molar-refractivity contribution in [3.05, 3.63) is 11.3 Å². The van der Waals surface area contributed by atoms with Crippen LogP contribution in [0.2, 0.25) is 0 Å². The molecule has 5 heteroatoms. The SMILES string of the molecule is C[C@H]1CN(c2nc(N)c3c(n2)CCC3)C[C@H](C)O1. The summed E-state index contributed by atoms with van der Waals surface area (Å²) in [6, 6.07) is 0. The Balaban J connectivity index is 1.90. The lowest BCUT2D eigenvalue weighted by molar-refractivity contribution is -0.00572. The van der Waals surface area contributed by atoms with Crippen molar-refractivity contribution >= 4 is 11.8 Å². The van der Waals surface area contributed by atoms with E-state index in [1.165, 1.54) is 0 Å². The monoisotopic (exact) mass is 248 g/mol. The zero-order chi connectivity index (χ0) is 12.7. The van der Waals surface area contributed by atoms with Crippen LogP contribution in [0.3, 0.4) is 0 Å². The molecule has 0 aromatic carbocycles. The largest absolute Gasteiger partial charge is 0.383 e. The molecule has 2 aliphatic rings. The number of fused-ring (bicyclic) bond motifs is 1. The number of hydrogen-bond acceptors (Lipinski definition) is 5. The van der Waals surface area contributed by atoms with E-state index < -0.39 is 0 Å². The molecule has 1 aliphatic heterocycles. The van der Waals surface area contributed by atoms with Crippen molar-refractivity contribution in [3.8, 4) is 0 Å². The third-order valence-corrected chi connectivity index (χ3v) is 3.66. The van der Waals surface area contributed by atoms with E-state index in [0.29, 0.717) is 5.82 Å². The first-order valence-corrected chi connectivity index (χ1v) is 6.69. The first-order chi connectivity index (χ1) is 8.63. The number of rotatable bonds is 1. The summed E-state index contributed by atoms with van der Waals surface area (Å²) in [6.45, 7) is 5.84. The number of aryl methyl sites for hydroxylation is 1. The van der Waals surface area contributed by atoms with Crippen molar-refractivity contribution in [1.29, 1.82) is 0 Å². The number of hydrogen-bond donors (Lipinski definition) is 1. The van der Waals surface area contributed by atoms with Crippen molar-refractivity contribution in [2.75, 3.05) is 23.7 Å². The summed E-state index contributed by atoms with van der Waals surface area (Å²) in [5.41, 5.74) is 8.34. The first kappa shape index (κ1) is 11.7. The summed E-state index contributed by atoms with van der Waals surface area (Å²) in [6.07, 6.45) is 3.63. The van der Waals surface area contributed by atoms with Crippen LogP contribution in [0.5, 0.6) is 0 Å². The molecule has 1 aliphatic carbocycles. The number of nitrogen functional groups attached to an aromatic ring is 1. The minimum Gasteiger partial charge on any atom is -0.383 e. The predicted molar refractivity (Wildman–Crippen MR) is 70.7 cm³/mol. The quantitative estimate of drug-likeness (QED) is 0.808. The van der Waals surface area contributed by atoms with E-state index in [2.05, 4.69) is 28.7 Å². The van der Waals surface area contributed by atoms with Crippen molar-refractivity contribution in [3.63, 3.8) is 0 Å². The summed E-state index contributed by atoms with van der Waals surface area (Å²) in [4.78, 5) is 11.3. The minimum atomic E-state index is 0.215. The molecule has 5 nitrogen and oxygen atoms in total. The van der Waals surface area contributed by atoms with E-state index >= 15 is 0 Å². The molecule has 1 saturated heterocycles. The van der Waals surface area contributed by atoms with Gasteiger partial charge in [-0.25, -0.2) is 4.98 Å². The Kier molecular flexibility index (Phi) is 2.86. The lowest BCUT2D eigenvalue weighted by Gasteiger charge is -2.35. The molecule has 0 amide bonds. The van der Waals surface area contributed by atoms with Gasteiger partial charge in [-0.15, -0.1) is 0 Å². The Morgan fingerprint density at radius 1 is 1.17 bits per heavy atom. The van der Waals surface area contributed by atoms with Gasteiger partial charge in [-0.1, -0.05) is 0 Å². The van der Waals surface area contributed by atoms with Crippen LogP contribution in [-0.2, 0) is 17.6 Å². The van der Waals surface area contributed by atoms with Crippen molar-refractivity contribution in [1.82, 2.24) is 9.97 Å². The molecule has 1 aromatic heterocycles. The second-order valence-corrected chi connectivity index (χ2v) is 5.35. The lowest BCUT2D eigenvalue weighted by atomic mass is 10.2. The third-order valence-electron chi connectivity index (χ3n) is 3.66.